The molecule has 2 N–H and O–H groups in total. The Hall–Kier alpha value is -3.75. The lowest BCUT2D eigenvalue weighted by atomic mass is 10.2. The fourth-order valence-electron chi connectivity index (χ4n) is 2.25. The number of carbonyl (C=O) groups is 2. The third-order valence-electron chi connectivity index (χ3n) is 3.43. The monoisotopic (exact) mass is 339 g/mol. The maximum atomic E-state index is 12.0. The number of non-ortho nitro benzene ring substituents is 1. The first-order chi connectivity index (χ1) is 12.0. The van der Waals surface area contributed by atoms with Crippen molar-refractivity contribution in [3.8, 4) is 0 Å². The molecule has 126 valence electrons. The summed E-state index contributed by atoms with van der Waals surface area (Å²) in [6.07, 6.45) is 1.46. The van der Waals surface area contributed by atoms with Gasteiger partial charge in [0.05, 0.1) is 22.5 Å². The summed E-state index contributed by atoms with van der Waals surface area (Å²) in [5.41, 5.74) is 3.96. The Morgan fingerprint density at radius 2 is 1.96 bits per heavy atom. The van der Waals surface area contributed by atoms with Crippen molar-refractivity contribution in [2.24, 2.45) is 0 Å². The van der Waals surface area contributed by atoms with Gasteiger partial charge in [0.1, 0.15) is 6.33 Å². The molecule has 25 heavy (non-hydrogen) atoms. The van der Waals surface area contributed by atoms with Gasteiger partial charge in [0.25, 0.3) is 17.5 Å². The van der Waals surface area contributed by atoms with Crippen LogP contribution in [0.3, 0.4) is 0 Å². The Morgan fingerprint density at radius 1 is 1.16 bits per heavy atom. The van der Waals surface area contributed by atoms with Crippen molar-refractivity contribution in [3.05, 3.63) is 70.5 Å². The molecule has 0 aliphatic carbocycles. The van der Waals surface area contributed by atoms with E-state index in [9.17, 15) is 19.7 Å². The molecule has 9 heteroatoms. The molecule has 1 aromatic heterocycles. The first-order valence-corrected chi connectivity index (χ1v) is 7.29. The van der Waals surface area contributed by atoms with Crippen LogP contribution in [0, 0.1) is 10.1 Å². The Kier molecular flexibility index (Phi) is 4.38. The highest BCUT2D eigenvalue weighted by Gasteiger charge is 2.13. The fraction of sp³-hybridized carbons (Fsp3) is 0.0625. The second-order valence-electron chi connectivity index (χ2n) is 5.13. The Bertz CT molecular complexity index is 966. The average molecular weight is 339 g/mol. The number of carbonyl (C=O) groups excluding carboxylic acids is 2. The number of nitro groups is 1. The summed E-state index contributed by atoms with van der Waals surface area (Å²) in [6.45, 7) is -0.284. The number of nitro benzene ring substituents is 1. The normalized spacial score (nSPS) is 10.4. The summed E-state index contributed by atoms with van der Waals surface area (Å²) in [7, 11) is 0. The summed E-state index contributed by atoms with van der Waals surface area (Å²) in [6, 6.07) is 12.5. The number of amides is 2. The van der Waals surface area contributed by atoms with Gasteiger partial charge < -0.3 is 5.32 Å². The van der Waals surface area contributed by atoms with Crippen LogP contribution in [0.5, 0.6) is 0 Å². The van der Waals surface area contributed by atoms with E-state index in [1.165, 1.54) is 29.2 Å². The van der Waals surface area contributed by atoms with E-state index in [0.29, 0.717) is 0 Å². The number of imidazole rings is 1. The summed E-state index contributed by atoms with van der Waals surface area (Å²) in [5.74, 6) is -1.03. The quantitative estimate of drug-likeness (QED) is 0.538. The zero-order valence-corrected chi connectivity index (χ0v) is 12.9. The third-order valence-corrected chi connectivity index (χ3v) is 3.43. The molecule has 3 aromatic rings. The molecular weight excluding hydrogens is 326 g/mol. The van der Waals surface area contributed by atoms with E-state index in [-0.39, 0.29) is 17.8 Å². The number of nitrogens with one attached hydrogen (secondary N) is 2. The standard InChI is InChI=1S/C16H13N5O4/c22-15(19-20-10-18-13-6-1-2-7-14(13)20)9-17-16(23)11-4-3-5-12(8-11)21(24)25/h1-8,10H,9H2,(H,17,23)(H,19,22). The molecule has 0 saturated carbocycles. The highest BCUT2D eigenvalue weighted by molar-refractivity contribution is 5.98. The molecule has 9 nitrogen and oxygen atoms in total. The van der Waals surface area contributed by atoms with E-state index in [2.05, 4.69) is 15.7 Å². The molecule has 0 aliphatic heterocycles. The molecule has 3 rings (SSSR count). The summed E-state index contributed by atoms with van der Waals surface area (Å²) < 4.78 is 1.46. The lowest BCUT2D eigenvalue weighted by Gasteiger charge is -2.08. The van der Waals surface area contributed by atoms with Crippen molar-refractivity contribution in [1.29, 1.82) is 0 Å². The van der Waals surface area contributed by atoms with Gasteiger partial charge in [-0.15, -0.1) is 0 Å². The Balaban J connectivity index is 1.61. The molecule has 0 saturated heterocycles. The Labute approximate surface area is 141 Å². The van der Waals surface area contributed by atoms with E-state index in [1.807, 2.05) is 18.2 Å². The number of benzene rings is 2. The molecular formula is C16H13N5O4. The lowest BCUT2D eigenvalue weighted by molar-refractivity contribution is -0.384. The number of para-hydroxylation sites is 2. The largest absolute Gasteiger partial charge is 0.343 e. The highest BCUT2D eigenvalue weighted by Crippen LogP contribution is 2.13. The maximum Gasteiger partial charge on any atom is 0.270 e. The van der Waals surface area contributed by atoms with E-state index >= 15 is 0 Å². The maximum absolute atomic E-state index is 12.0. The third kappa shape index (κ3) is 3.61. The van der Waals surface area contributed by atoms with Crippen LogP contribution in [-0.4, -0.2) is 32.9 Å². The van der Waals surface area contributed by atoms with Crippen molar-refractivity contribution >= 4 is 28.5 Å². The minimum Gasteiger partial charge on any atom is -0.343 e. The zero-order valence-electron chi connectivity index (χ0n) is 12.9. The van der Waals surface area contributed by atoms with Gasteiger partial charge in [-0.05, 0) is 18.2 Å². The van der Waals surface area contributed by atoms with Crippen LogP contribution in [0.1, 0.15) is 10.4 Å². The van der Waals surface area contributed by atoms with Gasteiger partial charge in [-0.1, -0.05) is 18.2 Å². The molecule has 0 unspecified atom stereocenters. The van der Waals surface area contributed by atoms with Crippen LogP contribution >= 0.6 is 0 Å². The van der Waals surface area contributed by atoms with E-state index in [4.69, 9.17) is 0 Å². The molecule has 0 fully saturated rings. The van der Waals surface area contributed by atoms with Crippen LogP contribution in [0.4, 0.5) is 5.69 Å². The molecule has 0 spiro atoms. The fourth-order valence-corrected chi connectivity index (χ4v) is 2.25. The molecule has 0 aliphatic rings. The number of rotatable bonds is 5. The van der Waals surface area contributed by atoms with Crippen LogP contribution < -0.4 is 10.7 Å². The van der Waals surface area contributed by atoms with Gasteiger partial charge in [0.15, 0.2) is 0 Å². The van der Waals surface area contributed by atoms with Gasteiger partial charge >= 0.3 is 0 Å². The topological polar surface area (TPSA) is 119 Å². The van der Waals surface area contributed by atoms with Crippen LogP contribution in [0.15, 0.2) is 54.9 Å². The number of hydrogen-bond donors (Lipinski definition) is 2. The van der Waals surface area contributed by atoms with E-state index < -0.39 is 16.7 Å². The smallest absolute Gasteiger partial charge is 0.270 e. The van der Waals surface area contributed by atoms with Crippen LogP contribution in [-0.2, 0) is 4.79 Å². The molecule has 0 bridgehead atoms. The minimum absolute atomic E-state index is 0.107. The van der Waals surface area contributed by atoms with Crippen molar-refractivity contribution in [3.63, 3.8) is 0 Å². The van der Waals surface area contributed by atoms with Crippen molar-refractivity contribution in [2.45, 2.75) is 0 Å². The van der Waals surface area contributed by atoms with Gasteiger partial charge in [0.2, 0.25) is 0 Å². The van der Waals surface area contributed by atoms with Crippen LogP contribution in [0.2, 0.25) is 0 Å². The zero-order chi connectivity index (χ0) is 17.8. The van der Waals surface area contributed by atoms with Gasteiger partial charge in [-0.25, -0.2) is 9.66 Å². The van der Waals surface area contributed by atoms with Gasteiger partial charge in [-0.3, -0.25) is 25.1 Å². The second-order valence-corrected chi connectivity index (χ2v) is 5.13. The number of aromatic nitrogens is 2. The molecule has 1 heterocycles. The van der Waals surface area contributed by atoms with E-state index in [1.54, 1.807) is 6.07 Å². The highest BCUT2D eigenvalue weighted by atomic mass is 16.6. The predicted octanol–water partition coefficient (Wildman–Crippen LogP) is 1.44. The lowest BCUT2D eigenvalue weighted by Crippen LogP contribution is -2.35. The van der Waals surface area contributed by atoms with E-state index in [0.717, 1.165) is 17.1 Å². The molecule has 0 radical (unpaired) electrons. The van der Waals surface area contributed by atoms with Crippen molar-refractivity contribution < 1.29 is 14.5 Å². The predicted molar refractivity (Wildman–Crippen MR) is 89.5 cm³/mol. The SMILES string of the molecule is O=C(CNC(=O)c1cccc([N+](=O)[O-])c1)Nn1cnc2ccccc21. The molecule has 2 aromatic carbocycles. The molecule has 0 atom stereocenters. The molecule has 2 amide bonds. The number of fused-ring (bicyclic) bond motifs is 1. The first-order valence-electron chi connectivity index (χ1n) is 7.29. The average Bonchev–Trinajstić information content (AvgIpc) is 3.03. The summed E-state index contributed by atoms with van der Waals surface area (Å²) in [5, 5.41) is 13.1. The van der Waals surface area contributed by atoms with Gasteiger partial charge in [0, 0.05) is 17.7 Å². The van der Waals surface area contributed by atoms with Crippen molar-refractivity contribution in [1.82, 2.24) is 15.0 Å². The summed E-state index contributed by atoms with van der Waals surface area (Å²) >= 11 is 0. The number of hydrogen-bond acceptors (Lipinski definition) is 5. The van der Waals surface area contributed by atoms with Crippen LogP contribution in [0.25, 0.3) is 11.0 Å². The Morgan fingerprint density at radius 3 is 2.76 bits per heavy atom. The second kappa shape index (κ2) is 6.79. The first kappa shape index (κ1) is 16.1. The number of nitrogens with zero attached hydrogens (tertiary/aromatic N) is 3. The summed E-state index contributed by atoms with van der Waals surface area (Å²) in [4.78, 5) is 38.3. The van der Waals surface area contributed by atoms with Gasteiger partial charge in [-0.2, -0.15) is 0 Å². The minimum atomic E-state index is -0.590. The van der Waals surface area contributed by atoms with Crippen molar-refractivity contribution in [2.75, 3.05) is 12.0 Å².